The monoisotopic (exact) mass is 312 g/mol. The van der Waals surface area contributed by atoms with Crippen molar-refractivity contribution >= 4 is 11.6 Å². The zero-order chi connectivity index (χ0) is 15.7. The quantitative estimate of drug-likeness (QED) is 0.770. The molecule has 112 valence electrons. The Morgan fingerprint density at radius 2 is 1.68 bits per heavy atom. The van der Waals surface area contributed by atoms with Crippen LogP contribution in [-0.2, 0) is 0 Å². The lowest BCUT2D eigenvalue weighted by Crippen LogP contribution is -2.00. The van der Waals surface area contributed by atoms with Crippen LogP contribution in [0.5, 0.6) is 0 Å². The first kappa shape index (κ1) is 14.8. The Morgan fingerprint density at radius 1 is 1.05 bits per heavy atom. The van der Waals surface area contributed by atoms with E-state index in [4.69, 9.17) is 11.6 Å². The number of benzene rings is 2. The molecule has 1 heterocycles. The molecule has 0 saturated carbocycles. The molecule has 1 atom stereocenters. The maximum atomic E-state index is 9.85. The molecule has 1 N–H and O–H groups in total. The fraction of sp³-hybridized carbons (Fsp3) is 0.167. The first-order valence-corrected chi connectivity index (χ1v) is 7.53. The van der Waals surface area contributed by atoms with E-state index in [1.807, 2.05) is 35.0 Å². The van der Waals surface area contributed by atoms with Gasteiger partial charge in [-0.15, -0.1) is 0 Å². The Hall–Kier alpha value is -2.10. The van der Waals surface area contributed by atoms with Gasteiger partial charge in [-0.05, 0) is 44.2 Å². The van der Waals surface area contributed by atoms with Gasteiger partial charge in [0.25, 0.3) is 0 Å². The van der Waals surface area contributed by atoms with E-state index < -0.39 is 6.10 Å². The third kappa shape index (κ3) is 2.91. The molecule has 2 aromatic carbocycles. The molecule has 3 rings (SSSR count). The van der Waals surface area contributed by atoms with Gasteiger partial charge < -0.3 is 5.11 Å². The van der Waals surface area contributed by atoms with Crippen LogP contribution in [0.2, 0.25) is 5.02 Å². The van der Waals surface area contributed by atoms with Crippen molar-refractivity contribution in [2.45, 2.75) is 20.0 Å². The van der Waals surface area contributed by atoms with Crippen molar-refractivity contribution in [1.29, 1.82) is 0 Å². The number of rotatable bonds is 3. The zero-order valence-corrected chi connectivity index (χ0v) is 13.2. The molecular weight excluding hydrogens is 296 g/mol. The summed E-state index contributed by atoms with van der Waals surface area (Å²) in [4.78, 5) is 0. The second-order valence-electron chi connectivity index (χ2n) is 5.38. The number of aromatic nitrogens is 2. The van der Waals surface area contributed by atoms with Gasteiger partial charge in [-0.2, -0.15) is 5.10 Å². The zero-order valence-electron chi connectivity index (χ0n) is 12.5. The van der Waals surface area contributed by atoms with Crippen LogP contribution in [0, 0.1) is 6.92 Å². The highest BCUT2D eigenvalue weighted by Gasteiger charge is 2.14. The van der Waals surface area contributed by atoms with Crippen LogP contribution in [0.25, 0.3) is 16.9 Å². The summed E-state index contributed by atoms with van der Waals surface area (Å²) in [6, 6.07) is 17.7. The number of aryl methyl sites for hydroxylation is 1. The van der Waals surface area contributed by atoms with Gasteiger partial charge in [0.2, 0.25) is 0 Å². The molecule has 1 unspecified atom stereocenters. The molecule has 0 saturated heterocycles. The smallest absolute Gasteiger partial charge is 0.0950 e. The van der Waals surface area contributed by atoms with Gasteiger partial charge in [0, 0.05) is 10.6 Å². The van der Waals surface area contributed by atoms with E-state index in [2.05, 4.69) is 36.3 Å². The fourth-order valence-electron chi connectivity index (χ4n) is 2.31. The highest BCUT2D eigenvalue weighted by Crippen LogP contribution is 2.27. The molecule has 0 aliphatic rings. The van der Waals surface area contributed by atoms with Gasteiger partial charge in [0.05, 0.1) is 23.2 Å². The average molecular weight is 313 g/mol. The molecule has 0 aliphatic heterocycles. The third-order valence-corrected chi connectivity index (χ3v) is 3.83. The van der Waals surface area contributed by atoms with Gasteiger partial charge in [-0.3, -0.25) is 0 Å². The molecular formula is C18H17ClN2O. The van der Waals surface area contributed by atoms with Crippen molar-refractivity contribution in [1.82, 2.24) is 9.78 Å². The van der Waals surface area contributed by atoms with Gasteiger partial charge in [0.15, 0.2) is 0 Å². The average Bonchev–Trinajstić information content (AvgIpc) is 2.94. The van der Waals surface area contributed by atoms with E-state index in [1.165, 1.54) is 5.56 Å². The first-order chi connectivity index (χ1) is 10.5. The van der Waals surface area contributed by atoms with Crippen molar-refractivity contribution in [3.8, 4) is 16.9 Å². The number of aliphatic hydroxyl groups is 1. The molecule has 0 spiro atoms. The van der Waals surface area contributed by atoms with E-state index in [9.17, 15) is 5.11 Å². The number of aliphatic hydroxyl groups excluding tert-OH is 1. The summed E-state index contributed by atoms with van der Waals surface area (Å²) in [5, 5.41) is 15.1. The predicted molar refractivity (Wildman–Crippen MR) is 89.4 cm³/mol. The molecule has 0 fully saturated rings. The Labute approximate surface area is 134 Å². The molecule has 0 bridgehead atoms. The van der Waals surface area contributed by atoms with Crippen molar-refractivity contribution in [2.24, 2.45) is 0 Å². The van der Waals surface area contributed by atoms with E-state index in [0.29, 0.717) is 10.7 Å². The topological polar surface area (TPSA) is 38.1 Å². The van der Waals surface area contributed by atoms with E-state index in [0.717, 1.165) is 16.9 Å². The lowest BCUT2D eigenvalue weighted by atomic mass is 10.1. The Balaban J connectivity index is 2.15. The minimum Gasteiger partial charge on any atom is -0.387 e. The first-order valence-electron chi connectivity index (χ1n) is 7.15. The lowest BCUT2D eigenvalue weighted by Gasteiger charge is -2.08. The maximum Gasteiger partial charge on any atom is 0.0950 e. The Morgan fingerprint density at radius 3 is 2.27 bits per heavy atom. The van der Waals surface area contributed by atoms with Crippen molar-refractivity contribution in [3.63, 3.8) is 0 Å². The second-order valence-corrected chi connectivity index (χ2v) is 5.82. The molecule has 0 radical (unpaired) electrons. The molecule has 0 aliphatic carbocycles. The number of hydrogen-bond donors (Lipinski definition) is 1. The minimum absolute atomic E-state index is 0.613. The van der Waals surface area contributed by atoms with Gasteiger partial charge >= 0.3 is 0 Å². The van der Waals surface area contributed by atoms with Crippen molar-refractivity contribution in [2.75, 3.05) is 0 Å². The lowest BCUT2D eigenvalue weighted by molar-refractivity contribution is 0.193. The van der Waals surface area contributed by atoms with Gasteiger partial charge in [0.1, 0.15) is 0 Å². The maximum absolute atomic E-state index is 9.85. The van der Waals surface area contributed by atoms with Crippen LogP contribution < -0.4 is 0 Å². The summed E-state index contributed by atoms with van der Waals surface area (Å²) >= 11 is 5.96. The highest BCUT2D eigenvalue weighted by molar-refractivity contribution is 6.30. The standard InChI is InChI=1S/C18H17ClN2O/c1-12-3-5-14(6-4-12)18-11-17(13(2)22)20-21(18)16-9-7-15(19)8-10-16/h3-11,13,22H,1-2H3. The van der Waals surface area contributed by atoms with E-state index >= 15 is 0 Å². The Bertz CT molecular complexity index is 711. The van der Waals surface area contributed by atoms with Gasteiger partial charge in [-0.25, -0.2) is 4.68 Å². The van der Waals surface area contributed by atoms with E-state index in [1.54, 1.807) is 6.92 Å². The van der Waals surface area contributed by atoms with Crippen LogP contribution in [-0.4, -0.2) is 14.9 Å². The summed E-state index contributed by atoms with van der Waals surface area (Å²) in [6.45, 7) is 3.77. The minimum atomic E-state index is -0.613. The number of hydrogen-bond acceptors (Lipinski definition) is 2. The SMILES string of the molecule is Cc1ccc(-c2cc(C(C)O)nn2-c2ccc(Cl)cc2)cc1. The number of halogens is 1. The summed E-state index contributed by atoms with van der Waals surface area (Å²) in [6.07, 6.45) is -0.613. The van der Waals surface area contributed by atoms with Crippen LogP contribution in [0.4, 0.5) is 0 Å². The highest BCUT2D eigenvalue weighted by atomic mass is 35.5. The van der Waals surface area contributed by atoms with Gasteiger partial charge in [-0.1, -0.05) is 41.4 Å². The summed E-state index contributed by atoms with van der Waals surface area (Å²) < 4.78 is 1.84. The van der Waals surface area contributed by atoms with Crippen LogP contribution in [0.3, 0.4) is 0 Å². The van der Waals surface area contributed by atoms with E-state index in [-0.39, 0.29) is 0 Å². The molecule has 4 heteroatoms. The predicted octanol–water partition coefficient (Wildman–Crippen LogP) is 4.55. The molecule has 1 aromatic heterocycles. The van der Waals surface area contributed by atoms with Crippen molar-refractivity contribution in [3.05, 3.63) is 70.9 Å². The van der Waals surface area contributed by atoms with Crippen LogP contribution in [0.15, 0.2) is 54.6 Å². The number of nitrogens with zero attached hydrogens (tertiary/aromatic N) is 2. The largest absolute Gasteiger partial charge is 0.387 e. The van der Waals surface area contributed by atoms with Crippen molar-refractivity contribution < 1.29 is 5.11 Å². The third-order valence-electron chi connectivity index (χ3n) is 3.57. The normalized spacial score (nSPS) is 12.4. The Kier molecular flexibility index (Phi) is 4.01. The summed E-state index contributed by atoms with van der Waals surface area (Å²) in [5.74, 6) is 0. The summed E-state index contributed by atoms with van der Waals surface area (Å²) in [5.41, 5.74) is 4.76. The fourth-order valence-corrected chi connectivity index (χ4v) is 2.44. The van der Waals surface area contributed by atoms with Crippen LogP contribution >= 0.6 is 11.6 Å². The molecule has 3 nitrogen and oxygen atoms in total. The van der Waals surface area contributed by atoms with Crippen LogP contribution in [0.1, 0.15) is 24.3 Å². The summed E-state index contributed by atoms with van der Waals surface area (Å²) in [7, 11) is 0. The molecule has 3 aromatic rings. The molecule has 0 amide bonds. The molecule has 22 heavy (non-hydrogen) atoms. The second kappa shape index (κ2) is 5.95.